The fourth-order valence-electron chi connectivity index (χ4n) is 3.24. The first kappa shape index (κ1) is 31.2. The van der Waals surface area contributed by atoms with Crippen molar-refractivity contribution in [3.63, 3.8) is 0 Å². The summed E-state index contributed by atoms with van der Waals surface area (Å²) in [6.45, 7) is 2.76. The fraction of sp³-hybridized carbons (Fsp3) is 0.391. The Bertz CT molecular complexity index is 1060. The smallest absolute Gasteiger partial charge is 0.347 e. The molecule has 0 spiro atoms. The van der Waals surface area contributed by atoms with Crippen LogP contribution in [0.25, 0.3) is 0 Å². The molecule has 2 aromatic carbocycles. The van der Waals surface area contributed by atoms with Crippen LogP contribution in [0.5, 0.6) is 11.5 Å². The maximum absolute atomic E-state index is 12.6. The van der Waals surface area contributed by atoms with Crippen molar-refractivity contribution in [2.24, 2.45) is 5.73 Å². The van der Waals surface area contributed by atoms with Gasteiger partial charge in [0, 0.05) is 48.2 Å². The third-order valence-electron chi connectivity index (χ3n) is 4.90. The highest BCUT2D eigenvalue weighted by atomic mass is 32.7. The number of hydrogen-bond acceptors (Lipinski definition) is 12. The van der Waals surface area contributed by atoms with Gasteiger partial charge in [-0.1, -0.05) is 0 Å². The number of aromatic hydroxyl groups is 1. The van der Waals surface area contributed by atoms with E-state index in [1.165, 1.54) is 36.9 Å². The monoisotopic (exact) mass is 570 g/mol. The minimum Gasteiger partial charge on any atom is -0.507 e. The quantitative estimate of drug-likeness (QED) is 0.0648. The molecule has 4 N–H and O–H groups in total. The first-order valence-electron chi connectivity index (χ1n) is 11.5. The van der Waals surface area contributed by atoms with Gasteiger partial charge in [0.2, 0.25) is 5.91 Å². The van der Waals surface area contributed by atoms with E-state index in [4.69, 9.17) is 13.7 Å². The van der Waals surface area contributed by atoms with E-state index >= 15 is 0 Å². The second-order valence-electron chi connectivity index (χ2n) is 7.40. The maximum Gasteiger partial charge on any atom is 0.347 e. The molecule has 208 valence electrons. The number of nitrogens with one attached hydrogen (secondary N) is 1. The van der Waals surface area contributed by atoms with Gasteiger partial charge in [-0.2, -0.15) is 0 Å². The van der Waals surface area contributed by atoms with Crippen molar-refractivity contribution in [1.82, 2.24) is 4.67 Å². The Morgan fingerprint density at radius 1 is 1.21 bits per heavy atom. The largest absolute Gasteiger partial charge is 0.507 e. The van der Waals surface area contributed by atoms with Crippen LogP contribution in [0.15, 0.2) is 42.5 Å². The van der Waals surface area contributed by atoms with Crippen molar-refractivity contribution >= 4 is 41.8 Å². The number of ether oxygens (including phenoxy) is 2. The third-order valence-corrected chi connectivity index (χ3v) is 9.04. The van der Waals surface area contributed by atoms with Gasteiger partial charge in [0.15, 0.2) is 0 Å². The first-order chi connectivity index (χ1) is 18.4. The summed E-state index contributed by atoms with van der Waals surface area (Å²) in [7, 11) is 2.35. The standard InChI is InChI=1S/C22H26N3O9PS.CH5N/c1-31-36-35(24-10-13-32-14-11-24)18-7-5-17(6-8-18)34-22(28)19-9-4-16(15-20(19)26)23-21(27)3-2-12-33-25(29)30;1-2/h4-9,15,26H,2-3,10-14H2,1H3,(H,23,27);2H2,1H3. The van der Waals surface area contributed by atoms with Gasteiger partial charge in [-0.3, -0.25) is 9.46 Å². The average Bonchev–Trinajstić information content (AvgIpc) is 2.92. The summed E-state index contributed by atoms with van der Waals surface area (Å²) in [4.78, 5) is 38.8. The van der Waals surface area contributed by atoms with Crippen molar-refractivity contribution < 1.29 is 38.3 Å². The number of carbonyl (C=O) groups is 2. The predicted octanol–water partition coefficient (Wildman–Crippen LogP) is 2.68. The summed E-state index contributed by atoms with van der Waals surface area (Å²) in [6.07, 6.45) is 0.144. The van der Waals surface area contributed by atoms with Gasteiger partial charge in [0.05, 0.1) is 34.2 Å². The molecule has 3 rings (SSSR count). The van der Waals surface area contributed by atoms with E-state index in [9.17, 15) is 24.8 Å². The van der Waals surface area contributed by atoms with Gasteiger partial charge >= 0.3 is 5.97 Å². The van der Waals surface area contributed by atoms with Crippen molar-refractivity contribution in [2.45, 2.75) is 12.8 Å². The van der Waals surface area contributed by atoms with E-state index in [0.29, 0.717) is 19.0 Å². The number of morpholine rings is 1. The Kier molecular flexibility index (Phi) is 13.8. The number of rotatable bonds is 12. The summed E-state index contributed by atoms with van der Waals surface area (Å²) < 4.78 is 18.5. The Labute approximate surface area is 225 Å². The van der Waals surface area contributed by atoms with Crippen LogP contribution >= 0.6 is 18.9 Å². The molecule has 1 atom stereocenters. The topological polar surface area (TPSA) is 176 Å². The Hall–Kier alpha value is -3.00. The van der Waals surface area contributed by atoms with E-state index < -0.39 is 24.2 Å². The molecule has 0 aromatic heterocycles. The van der Waals surface area contributed by atoms with Gasteiger partial charge in [-0.15, -0.1) is 10.1 Å². The van der Waals surface area contributed by atoms with Crippen molar-refractivity contribution in [1.29, 1.82) is 0 Å². The number of hydrogen-bond donors (Lipinski definition) is 3. The lowest BCUT2D eigenvalue weighted by atomic mass is 10.1. The van der Waals surface area contributed by atoms with Gasteiger partial charge in [0.25, 0.3) is 5.09 Å². The van der Waals surface area contributed by atoms with E-state index in [0.717, 1.165) is 18.4 Å². The summed E-state index contributed by atoms with van der Waals surface area (Å²) >= 11 is 1.40. The molecule has 0 radical (unpaired) electrons. The molecular formula is C23H31N4O9PS. The SMILES string of the molecule is CN.COSP(c1ccc(OC(=O)c2ccc(NC(=O)CCCO[N+](=O)[O-])cc2O)cc1)N1CCOCC1. The van der Waals surface area contributed by atoms with Crippen LogP contribution in [0.2, 0.25) is 0 Å². The minimum absolute atomic E-state index is 0.00892. The number of phenols is 1. The number of carbonyl (C=O) groups excluding carboxylic acids is 2. The molecule has 1 fully saturated rings. The molecule has 1 heterocycles. The Balaban J connectivity index is 0.00000247. The molecule has 2 aromatic rings. The van der Waals surface area contributed by atoms with Crippen LogP contribution in [0.4, 0.5) is 5.69 Å². The van der Waals surface area contributed by atoms with E-state index in [1.807, 2.05) is 12.1 Å². The predicted molar refractivity (Wildman–Crippen MR) is 144 cm³/mol. The van der Waals surface area contributed by atoms with E-state index in [-0.39, 0.29) is 36.4 Å². The van der Waals surface area contributed by atoms with Crippen molar-refractivity contribution in [3.05, 3.63) is 58.1 Å². The van der Waals surface area contributed by atoms with Crippen molar-refractivity contribution in [2.75, 3.05) is 52.4 Å². The number of esters is 1. The molecule has 0 saturated carbocycles. The first-order valence-corrected chi connectivity index (χ1v) is 14.1. The molecule has 1 unspecified atom stereocenters. The molecule has 0 bridgehead atoms. The van der Waals surface area contributed by atoms with Gasteiger partial charge < -0.3 is 34.7 Å². The van der Waals surface area contributed by atoms with Gasteiger partial charge in [-0.25, -0.2) is 4.79 Å². The molecule has 1 amide bonds. The highest BCUT2D eigenvalue weighted by Gasteiger charge is 2.24. The molecule has 0 aliphatic carbocycles. The zero-order valence-electron chi connectivity index (χ0n) is 21.0. The summed E-state index contributed by atoms with van der Waals surface area (Å²) in [5, 5.41) is 23.0. The fourth-order valence-corrected chi connectivity index (χ4v) is 6.64. The van der Waals surface area contributed by atoms with Crippen LogP contribution < -0.4 is 21.1 Å². The lowest BCUT2D eigenvalue weighted by Gasteiger charge is -2.32. The number of benzene rings is 2. The number of nitrogens with two attached hydrogens (primary N) is 1. The Morgan fingerprint density at radius 2 is 1.89 bits per heavy atom. The van der Waals surface area contributed by atoms with Crippen LogP contribution in [0, 0.1) is 10.1 Å². The van der Waals surface area contributed by atoms with Crippen LogP contribution in [-0.4, -0.2) is 73.8 Å². The van der Waals surface area contributed by atoms with Gasteiger partial charge in [0.1, 0.15) is 17.1 Å². The molecule has 15 heteroatoms. The average molecular weight is 571 g/mol. The number of phenolic OH excluding ortho intramolecular Hbond substituents is 1. The summed E-state index contributed by atoms with van der Waals surface area (Å²) in [5.74, 6) is -1.22. The van der Waals surface area contributed by atoms with Gasteiger partial charge in [-0.05, 0) is 49.9 Å². The van der Waals surface area contributed by atoms with E-state index in [1.54, 1.807) is 19.2 Å². The summed E-state index contributed by atoms with van der Waals surface area (Å²) in [6, 6.07) is 11.1. The molecule has 1 saturated heterocycles. The van der Waals surface area contributed by atoms with E-state index in [2.05, 4.69) is 20.6 Å². The maximum atomic E-state index is 12.6. The van der Waals surface area contributed by atoms with Crippen LogP contribution in [0.3, 0.4) is 0 Å². The zero-order chi connectivity index (χ0) is 27.9. The Morgan fingerprint density at radius 3 is 2.50 bits per heavy atom. The number of anilines is 1. The summed E-state index contributed by atoms with van der Waals surface area (Å²) in [5.41, 5.74) is 4.70. The molecule has 13 nitrogen and oxygen atoms in total. The molecule has 1 aliphatic rings. The number of amides is 1. The lowest BCUT2D eigenvalue weighted by molar-refractivity contribution is -0.757. The third kappa shape index (κ3) is 10.0. The normalized spacial score (nSPS) is 14.0. The molecule has 1 aliphatic heterocycles. The minimum atomic E-state index is -0.925. The molecular weight excluding hydrogens is 539 g/mol. The van der Waals surface area contributed by atoms with Crippen LogP contribution in [0.1, 0.15) is 23.2 Å². The highest BCUT2D eigenvalue weighted by Crippen LogP contribution is 2.52. The lowest BCUT2D eigenvalue weighted by Crippen LogP contribution is -2.34. The van der Waals surface area contributed by atoms with Crippen molar-refractivity contribution in [3.8, 4) is 11.5 Å². The highest BCUT2D eigenvalue weighted by molar-refractivity contribution is 8.54. The molecule has 38 heavy (non-hydrogen) atoms. The van der Waals surface area contributed by atoms with Crippen LogP contribution in [-0.2, 0) is 18.6 Å². The second kappa shape index (κ2) is 16.8. The second-order valence-corrected chi connectivity index (χ2v) is 11.0. The zero-order valence-corrected chi connectivity index (χ0v) is 22.7. The number of nitrogens with zero attached hydrogens (tertiary/aromatic N) is 2.